The second-order valence-corrected chi connectivity index (χ2v) is 4.47. The van der Waals surface area contributed by atoms with Crippen LogP contribution in [0.2, 0.25) is 0 Å². The van der Waals surface area contributed by atoms with E-state index in [1.165, 1.54) is 0 Å². The first-order chi connectivity index (χ1) is 7.15. The molecule has 0 aliphatic carbocycles. The Hall–Kier alpha value is -0.830. The number of carboxylic acid groups (broad SMARTS) is 1. The first-order valence-corrected chi connectivity index (χ1v) is 5.90. The highest BCUT2D eigenvalue weighted by Crippen LogP contribution is 2.21. The maximum Gasteiger partial charge on any atom is 0.306 e. The van der Waals surface area contributed by atoms with Gasteiger partial charge in [0.1, 0.15) is 0 Å². The summed E-state index contributed by atoms with van der Waals surface area (Å²) in [7, 11) is 0. The van der Waals surface area contributed by atoms with Crippen molar-refractivity contribution >= 4 is 21.9 Å². The van der Waals surface area contributed by atoms with Crippen LogP contribution in [-0.2, 0) is 11.2 Å². The standard InChI is InChI=1S/C12H15BrO2/c1-2-5-10(12(14)15)8-9-6-3-4-7-11(9)13/h3-4,6-7,10H,2,5,8H2,1H3,(H,14,15). The second-order valence-electron chi connectivity index (χ2n) is 3.62. The molecule has 1 unspecified atom stereocenters. The highest BCUT2D eigenvalue weighted by atomic mass is 79.9. The van der Waals surface area contributed by atoms with Gasteiger partial charge in [0.2, 0.25) is 0 Å². The van der Waals surface area contributed by atoms with Crippen molar-refractivity contribution in [2.75, 3.05) is 0 Å². The van der Waals surface area contributed by atoms with Gasteiger partial charge in [0.25, 0.3) is 0 Å². The molecule has 0 amide bonds. The topological polar surface area (TPSA) is 37.3 Å². The molecule has 0 heterocycles. The van der Waals surface area contributed by atoms with Crippen molar-refractivity contribution < 1.29 is 9.90 Å². The van der Waals surface area contributed by atoms with Crippen LogP contribution in [0.15, 0.2) is 28.7 Å². The molecule has 0 aromatic heterocycles. The molecule has 1 atom stereocenters. The van der Waals surface area contributed by atoms with Crippen molar-refractivity contribution in [3.05, 3.63) is 34.3 Å². The van der Waals surface area contributed by atoms with Gasteiger partial charge in [0.05, 0.1) is 5.92 Å². The van der Waals surface area contributed by atoms with Gasteiger partial charge >= 0.3 is 5.97 Å². The van der Waals surface area contributed by atoms with E-state index in [2.05, 4.69) is 15.9 Å². The Morgan fingerprint density at radius 3 is 2.67 bits per heavy atom. The highest BCUT2D eigenvalue weighted by molar-refractivity contribution is 9.10. The zero-order chi connectivity index (χ0) is 11.3. The molecule has 0 fully saturated rings. The Bertz CT molecular complexity index is 336. The maximum absolute atomic E-state index is 11.0. The monoisotopic (exact) mass is 270 g/mol. The normalized spacial score (nSPS) is 12.4. The number of carboxylic acids is 1. The summed E-state index contributed by atoms with van der Waals surface area (Å²) < 4.78 is 0.993. The van der Waals surface area contributed by atoms with E-state index in [0.717, 1.165) is 22.9 Å². The van der Waals surface area contributed by atoms with Gasteiger partial charge in [0.15, 0.2) is 0 Å². The fraction of sp³-hybridized carbons (Fsp3) is 0.417. The Morgan fingerprint density at radius 1 is 1.47 bits per heavy atom. The summed E-state index contributed by atoms with van der Waals surface area (Å²) in [5.74, 6) is -0.971. The maximum atomic E-state index is 11.0. The first kappa shape index (κ1) is 12.2. The van der Waals surface area contributed by atoms with Gasteiger partial charge in [0, 0.05) is 4.47 Å². The summed E-state index contributed by atoms with van der Waals surface area (Å²) in [6, 6.07) is 7.78. The van der Waals surface area contributed by atoms with Crippen LogP contribution in [0.3, 0.4) is 0 Å². The average Bonchev–Trinajstić information content (AvgIpc) is 2.20. The van der Waals surface area contributed by atoms with E-state index in [0.29, 0.717) is 6.42 Å². The molecular formula is C12H15BrO2. The zero-order valence-corrected chi connectivity index (χ0v) is 10.3. The minimum atomic E-state index is -0.701. The van der Waals surface area contributed by atoms with Crippen molar-refractivity contribution in [1.29, 1.82) is 0 Å². The lowest BCUT2D eigenvalue weighted by Gasteiger charge is -2.12. The SMILES string of the molecule is CCCC(Cc1ccccc1Br)C(=O)O. The molecule has 2 nitrogen and oxygen atoms in total. The van der Waals surface area contributed by atoms with E-state index >= 15 is 0 Å². The second kappa shape index (κ2) is 5.91. The summed E-state index contributed by atoms with van der Waals surface area (Å²) in [5, 5.41) is 9.04. The minimum absolute atomic E-state index is 0.270. The predicted molar refractivity (Wildman–Crippen MR) is 63.9 cm³/mol. The molecule has 0 radical (unpaired) electrons. The van der Waals surface area contributed by atoms with Gasteiger partial charge in [-0.25, -0.2) is 0 Å². The molecule has 0 spiro atoms. The van der Waals surface area contributed by atoms with Crippen molar-refractivity contribution in [2.45, 2.75) is 26.2 Å². The molecule has 82 valence electrons. The Kier molecular flexibility index (Phi) is 4.82. The van der Waals surface area contributed by atoms with Crippen molar-refractivity contribution in [1.82, 2.24) is 0 Å². The third-order valence-electron chi connectivity index (χ3n) is 2.41. The van der Waals surface area contributed by atoms with Crippen LogP contribution in [0.25, 0.3) is 0 Å². The fourth-order valence-electron chi connectivity index (χ4n) is 1.59. The van der Waals surface area contributed by atoms with Crippen LogP contribution in [-0.4, -0.2) is 11.1 Å². The molecule has 0 saturated carbocycles. The van der Waals surface area contributed by atoms with Crippen molar-refractivity contribution in [3.8, 4) is 0 Å². The van der Waals surface area contributed by atoms with Gasteiger partial charge in [-0.15, -0.1) is 0 Å². The summed E-state index contributed by atoms with van der Waals surface area (Å²) in [4.78, 5) is 11.0. The van der Waals surface area contributed by atoms with Crippen molar-refractivity contribution in [2.24, 2.45) is 5.92 Å². The first-order valence-electron chi connectivity index (χ1n) is 5.11. The Morgan fingerprint density at radius 2 is 2.13 bits per heavy atom. The number of hydrogen-bond donors (Lipinski definition) is 1. The highest BCUT2D eigenvalue weighted by Gasteiger charge is 2.17. The molecule has 1 aromatic carbocycles. The average molecular weight is 271 g/mol. The smallest absolute Gasteiger partial charge is 0.306 e. The number of rotatable bonds is 5. The van der Waals surface area contributed by atoms with Gasteiger partial charge in [-0.3, -0.25) is 4.79 Å². The van der Waals surface area contributed by atoms with E-state index in [1.807, 2.05) is 31.2 Å². The molecule has 15 heavy (non-hydrogen) atoms. The van der Waals surface area contributed by atoms with Crippen LogP contribution in [0.1, 0.15) is 25.3 Å². The summed E-state index contributed by atoms with van der Waals surface area (Å²) in [6.07, 6.45) is 2.24. The van der Waals surface area contributed by atoms with Crippen LogP contribution in [0.4, 0.5) is 0 Å². The molecule has 1 rings (SSSR count). The van der Waals surface area contributed by atoms with Gasteiger partial charge in [-0.2, -0.15) is 0 Å². The molecule has 0 aliphatic heterocycles. The van der Waals surface area contributed by atoms with Crippen LogP contribution in [0, 0.1) is 5.92 Å². The van der Waals surface area contributed by atoms with E-state index in [4.69, 9.17) is 5.11 Å². The lowest BCUT2D eigenvalue weighted by atomic mass is 9.95. The molecule has 0 saturated heterocycles. The van der Waals surface area contributed by atoms with Gasteiger partial charge < -0.3 is 5.11 Å². The fourth-order valence-corrected chi connectivity index (χ4v) is 2.04. The van der Waals surface area contributed by atoms with Crippen LogP contribution < -0.4 is 0 Å². The molecule has 1 N–H and O–H groups in total. The Labute approximate surface area is 98.4 Å². The summed E-state index contributed by atoms with van der Waals surface area (Å²) in [6.45, 7) is 2.01. The minimum Gasteiger partial charge on any atom is -0.481 e. The quantitative estimate of drug-likeness (QED) is 0.890. The number of benzene rings is 1. The number of carbonyl (C=O) groups is 1. The number of aliphatic carboxylic acids is 1. The summed E-state index contributed by atoms with van der Waals surface area (Å²) in [5.41, 5.74) is 1.07. The van der Waals surface area contributed by atoms with E-state index in [9.17, 15) is 4.79 Å². The lowest BCUT2D eigenvalue weighted by molar-refractivity contribution is -0.141. The molecule has 3 heteroatoms. The van der Waals surface area contributed by atoms with E-state index in [1.54, 1.807) is 0 Å². The van der Waals surface area contributed by atoms with Crippen LogP contribution >= 0.6 is 15.9 Å². The van der Waals surface area contributed by atoms with E-state index in [-0.39, 0.29) is 5.92 Å². The zero-order valence-electron chi connectivity index (χ0n) is 8.74. The molecule has 0 aliphatic rings. The number of halogens is 1. The lowest BCUT2D eigenvalue weighted by Crippen LogP contribution is -2.16. The summed E-state index contributed by atoms with van der Waals surface area (Å²) >= 11 is 3.43. The molecule has 0 bridgehead atoms. The molecular weight excluding hydrogens is 256 g/mol. The van der Waals surface area contributed by atoms with Gasteiger partial charge in [-0.1, -0.05) is 47.5 Å². The third kappa shape index (κ3) is 3.67. The van der Waals surface area contributed by atoms with Gasteiger partial charge in [-0.05, 0) is 24.5 Å². The van der Waals surface area contributed by atoms with Crippen LogP contribution in [0.5, 0.6) is 0 Å². The molecule has 1 aromatic rings. The van der Waals surface area contributed by atoms with Crippen molar-refractivity contribution in [3.63, 3.8) is 0 Å². The largest absolute Gasteiger partial charge is 0.481 e. The predicted octanol–water partition coefficient (Wildman–Crippen LogP) is 3.49. The van der Waals surface area contributed by atoms with E-state index < -0.39 is 5.97 Å². The number of hydrogen-bond acceptors (Lipinski definition) is 1. The third-order valence-corrected chi connectivity index (χ3v) is 3.18. The Balaban J connectivity index is 2.74.